The van der Waals surface area contributed by atoms with Crippen molar-refractivity contribution in [2.45, 2.75) is 0 Å². The first-order valence-electron chi connectivity index (χ1n) is 19.0. The van der Waals surface area contributed by atoms with Crippen LogP contribution in [0.1, 0.15) is 0 Å². The standard InChI is InChI=1S/C52H31N3S/c1-3-15-32(16-4-1)43-31-44(33-17-5-2-6-18-33)54-52(53-43)34-27-29-35(30-28-34)55-45-26-14-13-25-42(45)46-39-22-10-12-24-41(39)51-48(49(46)55)47-38-21-9-7-19-36(38)37-20-8-11-23-40(37)50(47)56-51/h1-31H. The maximum Gasteiger partial charge on any atom is 0.160 e. The van der Waals surface area contributed by atoms with Gasteiger partial charge < -0.3 is 4.57 Å². The topological polar surface area (TPSA) is 30.7 Å². The van der Waals surface area contributed by atoms with E-state index in [1.54, 1.807) is 0 Å². The highest BCUT2D eigenvalue weighted by Gasteiger charge is 2.24. The van der Waals surface area contributed by atoms with Crippen molar-refractivity contribution in [1.29, 1.82) is 0 Å². The summed E-state index contributed by atoms with van der Waals surface area (Å²) in [5.74, 6) is 0.703. The summed E-state index contributed by atoms with van der Waals surface area (Å²) in [5.41, 5.74) is 8.43. The van der Waals surface area contributed by atoms with E-state index in [-0.39, 0.29) is 0 Å². The molecule has 3 heterocycles. The van der Waals surface area contributed by atoms with Crippen LogP contribution in [0.3, 0.4) is 0 Å². The molecule has 56 heavy (non-hydrogen) atoms. The van der Waals surface area contributed by atoms with E-state index in [0.29, 0.717) is 5.82 Å². The number of hydrogen-bond acceptors (Lipinski definition) is 3. The van der Waals surface area contributed by atoms with Gasteiger partial charge in [-0.2, -0.15) is 0 Å². The normalized spacial score (nSPS) is 11.9. The van der Waals surface area contributed by atoms with Crippen LogP contribution in [0, 0.1) is 0 Å². The Morgan fingerprint density at radius 3 is 1.45 bits per heavy atom. The van der Waals surface area contributed by atoms with Gasteiger partial charge in [-0.15, -0.1) is 11.3 Å². The molecule has 0 N–H and O–H groups in total. The van der Waals surface area contributed by atoms with E-state index in [1.165, 1.54) is 74.3 Å². The van der Waals surface area contributed by atoms with Crippen molar-refractivity contribution in [3.8, 4) is 39.6 Å². The minimum absolute atomic E-state index is 0.703. The van der Waals surface area contributed by atoms with Gasteiger partial charge in [0.05, 0.1) is 22.4 Å². The smallest absolute Gasteiger partial charge is 0.160 e. The van der Waals surface area contributed by atoms with Gasteiger partial charge in [0, 0.05) is 64.1 Å². The van der Waals surface area contributed by atoms with Gasteiger partial charge in [0.1, 0.15) is 0 Å². The van der Waals surface area contributed by atoms with E-state index in [4.69, 9.17) is 9.97 Å². The van der Waals surface area contributed by atoms with E-state index in [9.17, 15) is 0 Å². The van der Waals surface area contributed by atoms with E-state index < -0.39 is 0 Å². The van der Waals surface area contributed by atoms with Crippen LogP contribution in [0.25, 0.3) is 114 Å². The highest BCUT2D eigenvalue weighted by molar-refractivity contribution is 7.28. The first kappa shape index (κ1) is 31.2. The zero-order valence-corrected chi connectivity index (χ0v) is 31.0. The average Bonchev–Trinajstić information content (AvgIpc) is 3.85. The van der Waals surface area contributed by atoms with Gasteiger partial charge in [0.15, 0.2) is 5.82 Å². The lowest BCUT2D eigenvalue weighted by Crippen LogP contribution is -1.97. The van der Waals surface area contributed by atoms with Gasteiger partial charge in [-0.3, -0.25) is 0 Å². The van der Waals surface area contributed by atoms with Gasteiger partial charge in [-0.25, -0.2) is 9.97 Å². The highest BCUT2D eigenvalue weighted by Crippen LogP contribution is 2.51. The highest BCUT2D eigenvalue weighted by atomic mass is 32.1. The van der Waals surface area contributed by atoms with Crippen LogP contribution in [-0.2, 0) is 0 Å². The summed E-state index contributed by atoms with van der Waals surface area (Å²) in [4.78, 5) is 10.3. The molecule has 12 rings (SSSR count). The van der Waals surface area contributed by atoms with Crippen molar-refractivity contribution >= 4 is 85.6 Å². The number of nitrogens with zero attached hydrogens (tertiary/aromatic N) is 3. The Kier molecular flexibility index (Phi) is 6.80. The maximum absolute atomic E-state index is 5.13. The fourth-order valence-corrected chi connectivity index (χ4v) is 10.3. The van der Waals surface area contributed by atoms with Crippen molar-refractivity contribution in [1.82, 2.24) is 14.5 Å². The minimum Gasteiger partial charge on any atom is -0.309 e. The molecule has 0 unspecified atom stereocenters. The second-order valence-corrected chi connectivity index (χ2v) is 15.5. The molecule has 0 atom stereocenters. The van der Waals surface area contributed by atoms with Crippen LogP contribution in [0.4, 0.5) is 0 Å². The third-order valence-corrected chi connectivity index (χ3v) is 12.6. The predicted molar refractivity (Wildman–Crippen MR) is 238 cm³/mol. The Hall–Kier alpha value is -7.14. The Morgan fingerprint density at radius 2 is 0.821 bits per heavy atom. The molecular formula is C52H31N3S. The maximum atomic E-state index is 5.13. The lowest BCUT2D eigenvalue weighted by Gasteiger charge is -2.13. The number of para-hydroxylation sites is 1. The number of fused-ring (bicyclic) bond motifs is 15. The molecule has 0 saturated carbocycles. The molecule has 260 valence electrons. The minimum atomic E-state index is 0.703. The molecule has 0 amide bonds. The van der Waals surface area contributed by atoms with Crippen LogP contribution < -0.4 is 0 Å². The van der Waals surface area contributed by atoms with Crippen molar-refractivity contribution in [3.05, 3.63) is 188 Å². The molecular weight excluding hydrogens is 699 g/mol. The second-order valence-electron chi connectivity index (χ2n) is 14.5. The Balaban J connectivity index is 1.16. The van der Waals surface area contributed by atoms with Crippen molar-refractivity contribution in [3.63, 3.8) is 0 Å². The molecule has 0 spiro atoms. The fourth-order valence-electron chi connectivity index (χ4n) is 8.91. The molecule has 3 nitrogen and oxygen atoms in total. The van der Waals surface area contributed by atoms with Gasteiger partial charge in [-0.05, 0) is 57.9 Å². The molecule has 3 aromatic heterocycles. The SMILES string of the molecule is c1ccc(-c2cc(-c3ccccc3)nc(-c3ccc(-n4c5ccccc5c5c6ccccc6c6sc7c8ccccc8c8ccccc8c7c6c54)cc3)n2)cc1. The van der Waals surface area contributed by atoms with Crippen LogP contribution in [-0.4, -0.2) is 14.5 Å². The number of rotatable bonds is 4. The first-order chi connectivity index (χ1) is 27.8. The van der Waals surface area contributed by atoms with Crippen LogP contribution in [0.5, 0.6) is 0 Å². The van der Waals surface area contributed by atoms with Gasteiger partial charge in [0.2, 0.25) is 0 Å². The number of benzene rings is 9. The van der Waals surface area contributed by atoms with Gasteiger partial charge in [0.25, 0.3) is 0 Å². The van der Waals surface area contributed by atoms with Crippen LogP contribution in [0.15, 0.2) is 188 Å². The molecule has 0 aliphatic carbocycles. The lowest BCUT2D eigenvalue weighted by molar-refractivity contribution is 1.17. The van der Waals surface area contributed by atoms with Crippen LogP contribution in [0.2, 0.25) is 0 Å². The average molecular weight is 730 g/mol. The summed E-state index contributed by atoms with van der Waals surface area (Å²) in [6.07, 6.45) is 0. The summed E-state index contributed by atoms with van der Waals surface area (Å²) in [6.45, 7) is 0. The monoisotopic (exact) mass is 729 g/mol. The van der Waals surface area contributed by atoms with E-state index in [0.717, 1.165) is 33.8 Å². The lowest BCUT2D eigenvalue weighted by atomic mass is 9.94. The summed E-state index contributed by atoms with van der Waals surface area (Å²) in [5, 5.41) is 12.9. The van der Waals surface area contributed by atoms with E-state index >= 15 is 0 Å². The molecule has 9 aromatic carbocycles. The summed E-state index contributed by atoms with van der Waals surface area (Å²) < 4.78 is 5.16. The molecule has 0 aliphatic rings. The van der Waals surface area contributed by atoms with Crippen molar-refractivity contribution in [2.24, 2.45) is 0 Å². The molecule has 0 radical (unpaired) electrons. The number of thiophene rings is 1. The van der Waals surface area contributed by atoms with Crippen molar-refractivity contribution in [2.75, 3.05) is 0 Å². The third-order valence-electron chi connectivity index (χ3n) is 11.4. The molecule has 0 fully saturated rings. The zero-order valence-electron chi connectivity index (χ0n) is 30.1. The van der Waals surface area contributed by atoms with Crippen LogP contribution >= 0.6 is 11.3 Å². The largest absolute Gasteiger partial charge is 0.309 e. The summed E-state index contributed by atoms with van der Waals surface area (Å²) >= 11 is 1.93. The predicted octanol–water partition coefficient (Wildman–Crippen LogP) is 14.4. The summed E-state index contributed by atoms with van der Waals surface area (Å²) in [6, 6.07) is 67.4. The zero-order chi connectivity index (χ0) is 36.7. The molecule has 12 aromatic rings. The van der Waals surface area contributed by atoms with Gasteiger partial charge in [-0.1, -0.05) is 152 Å². The molecule has 4 heteroatoms. The van der Waals surface area contributed by atoms with E-state index in [1.807, 2.05) is 23.5 Å². The number of aromatic nitrogens is 3. The summed E-state index contributed by atoms with van der Waals surface area (Å²) in [7, 11) is 0. The quantitative estimate of drug-likeness (QED) is 0.169. The molecule has 0 aliphatic heterocycles. The Morgan fingerprint density at radius 1 is 0.357 bits per heavy atom. The van der Waals surface area contributed by atoms with E-state index in [2.05, 4.69) is 180 Å². The molecule has 0 saturated heterocycles. The number of hydrogen-bond donors (Lipinski definition) is 0. The van der Waals surface area contributed by atoms with Gasteiger partial charge >= 0.3 is 0 Å². The third kappa shape index (κ3) is 4.57. The Bertz CT molecular complexity index is 3450. The molecule has 0 bridgehead atoms. The Labute approximate surface area is 326 Å². The van der Waals surface area contributed by atoms with Crippen molar-refractivity contribution < 1.29 is 0 Å². The first-order valence-corrected chi connectivity index (χ1v) is 19.8. The second kappa shape index (κ2) is 12.2. The fraction of sp³-hybridized carbons (Fsp3) is 0.